The third-order valence-corrected chi connectivity index (χ3v) is 10.1. The average Bonchev–Trinajstić information content (AvgIpc) is 3.51. The number of ether oxygens (including phenoxy) is 2. The number of hydrogen-bond donors (Lipinski definition) is 2. The van der Waals surface area contributed by atoms with E-state index in [1.807, 2.05) is 91.0 Å². The summed E-state index contributed by atoms with van der Waals surface area (Å²) in [5.74, 6) is 0.386. The van der Waals surface area contributed by atoms with Gasteiger partial charge in [0, 0.05) is 22.9 Å². The number of hydrogen-bond acceptors (Lipinski definition) is 9. The Morgan fingerprint density at radius 3 is 2.47 bits per heavy atom. The van der Waals surface area contributed by atoms with Crippen molar-refractivity contribution in [1.82, 2.24) is 15.0 Å². The van der Waals surface area contributed by atoms with Crippen molar-refractivity contribution in [1.29, 1.82) is 0 Å². The molecular weight excluding hydrogens is 605 g/mol. The Kier molecular flexibility index (Phi) is 8.55. The standard InChI is InChI=1S/C35H30N4O4S2/c1-21-30(20-44-35-39-28-11-4-5-12-31(28)45-35)42-34(43-32(21)23-15-13-22(19-40)14-16-23)24-7-6-8-25(17-24)37-33(41)29-18-36-26-9-2-3-10-27(26)38-29/h2-18,21,30,32,34,40H,19-20H2,1H3,(H,37,41)/t21-,30+,32+,34+/m1/s1. The van der Waals surface area contributed by atoms with Gasteiger partial charge in [-0.1, -0.05) is 79.3 Å². The molecule has 4 aromatic carbocycles. The van der Waals surface area contributed by atoms with E-state index in [2.05, 4.69) is 28.3 Å². The topological polar surface area (TPSA) is 106 Å². The first kappa shape index (κ1) is 29.5. The molecule has 1 aliphatic heterocycles. The van der Waals surface area contributed by atoms with Crippen molar-refractivity contribution in [3.63, 3.8) is 0 Å². The Hall–Kier alpha value is -4.19. The SMILES string of the molecule is C[C@@H]1[C@H](CSc2nc3ccccc3s2)O[C@H](c2cccc(NC(=O)c3cnc4ccccc4n3)c2)O[C@@H]1c1ccc(CO)cc1. The number of para-hydroxylation sites is 3. The number of amides is 1. The second kappa shape index (κ2) is 13.0. The van der Waals surface area contributed by atoms with Gasteiger partial charge in [-0.2, -0.15) is 0 Å². The van der Waals surface area contributed by atoms with Crippen LogP contribution in [0.3, 0.4) is 0 Å². The van der Waals surface area contributed by atoms with Gasteiger partial charge < -0.3 is 19.9 Å². The number of thiazole rings is 1. The van der Waals surface area contributed by atoms with E-state index in [9.17, 15) is 9.90 Å². The number of nitrogens with one attached hydrogen (secondary N) is 1. The smallest absolute Gasteiger partial charge is 0.275 e. The number of aromatic nitrogens is 3. The van der Waals surface area contributed by atoms with Gasteiger partial charge in [0.15, 0.2) is 10.6 Å². The van der Waals surface area contributed by atoms with Crippen LogP contribution in [0.25, 0.3) is 21.3 Å². The average molecular weight is 635 g/mol. The highest BCUT2D eigenvalue weighted by Gasteiger charge is 2.38. The summed E-state index contributed by atoms with van der Waals surface area (Å²) in [6.07, 6.45) is 0.427. The number of thioether (sulfide) groups is 1. The second-order valence-corrected chi connectivity index (χ2v) is 13.2. The van der Waals surface area contributed by atoms with Gasteiger partial charge in [0.05, 0.1) is 46.3 Å². The summed E-state index contributed by atoms with van der Waals surface area (Å²) in [5, 5.41) is 12.5. The first-order valence-electron chi connectivity index (χ1n) is 14.7. The maximum Gasteiger partial charge on any atom is 0.275 e. The van der Waals surface area contributed by atoms with Gasteiger partial charge in [-0.15, -0.1) is 11.3 Å². The Labute approximate surface area is 268 Å². The van der Waals surface area contributed by atoms with E-state index in [1.54, 1.807) is 23.1 Å². The zero-order valence-corrected chi connectivity index (χ0v) is 26.0. The maximum absolute atomic E-state index is 13.1. The summed E-state index contributed by atoms with van der Waals surface area (Å²) < 4.78 is 15.4. The van der Waals surface area contributed by atoms with Crippen molar-refractivity contribution >= 4 is 55.9 Å². The number of carbonyl (C=O) groups excluding carboxylic acids is 1. The summed E-state index contributed by atoms with van der Waals surface area (Å²) in [6.45, 7) is 2.13. The fourth-order valence-electron chi connectivity index (χ4n) is 5.40. The minimum Gasteiger partial charge on any atom is -0.392 e. The number of fused-ring (bicyclic) bond motifs is 2. The van der Waals surface area contributed by atoms with Gasteiger partial charge in [-0.3, -0.25) is 9.78 Å². The molecule has 1 aliphatic rings. The lowest BCUT2D eigenvalue weighted by molar-refractivity contribution is -0.268. The van der Waals surface area contributed by atoms with Crippen LogP contribution in [0, 0.1) is 5.92 Å². The number of benzene rings is 4. The molecule has 3 heterocycles. The van der Waals surface area contributed by atoms with E-state index in [1.165, 1.54) is 6.20 Å². The van der Waals surface area contributed by atoms with Crippen LogP contribution in [0.1, 0.15) is 46.5 Å². The zero-order valence-electron chi connectivity index (χ0n) is 24.4. The maximum atomic E-state index is 13.1. The lowest BCUT2D eigenvalue weighted by atomic mass is 9.91. The van der Waals surface area contributed by atoms with Crippen molar-refractivity contribution in [3.05, 3.63) is 126 Å². The van der Waals surface area contributed by atoms with Gasteiger partial charge >= 0.3 is 0 Å². The first-order valence-corrected chi connectivity index (χ1v) is 16.5. The Bertz CT molecular complexity index is 1930. The molecule has 2 N–H and O–H groups in total. The number of aliphatic hydroxyl groups excluding tert-OH is 1. The van der Waals surface area contributed by atoms with Crippen molar-refractivity contribution in [2.24, 2.45) is 5.92 Å². The lowest BCUT2D eigenvalue weighted by Gasteiger charge is -2.41. The van der Waals surface area contributed by atoms with Crippen molar-refractivity contribution in [2.45, 2.75) is 36.4 Å². The summed E-state index contributed by atoms with van der Waals surface area (Å²) >= 11 is 3.37. The molecule has 0 radical (unpaired) electrons. The van der Waals surface area contributed by atoms with Gasteiger partial charge in [0.1, 0.15) is 5.69 Å². The number of aliphatic hydroxyl groups is 1. The number of rotatable bonds is 8. The molecule has 226 valence electrons. The van der Waals surface area contributed by atoms with Crippen LogP contribution in [0.4, 0.5) is 5.69 Å². The molecule has 0 aliphatic carbocycles. The highest BCUT2D eigenvalue weighted by Crippen LogP contribution is 2.43. The second-order valence-electron chi connectivity index (χ2n) is 10.9. The first-order chi connectivity index (χ1) is 22.0. The summed E-state index contributed by atoms with van der Waals surface area (Å²) in [5.41, 5.74) is 5.87. The molecule has 45 heavy (non-hydrogen) atoms. The molecule has 0 spiro atoms. The summed E-state index contributed by atoms with van der Waals surface area (Å²) in [7, 11) is 0. The van der Waals surface area contributed by atoms with Crippen LogP contribution >= 0.6 is 23.1 Å². The van der Waals surface area contributed by atoms with Crippen molar-refractivity contribution in [2.75, 3.05) is 11.1 Å². The minimum atomic E-state index is -0.665. The van der Waals surface area contributed by atoms with Gasteiger partial charge in [-0.05, 0) is 47.5 Å². The molecule has 0 bridgehead atoms. The fraction of sp³-hybridized carbons (Fsp3) is 0.200. The highest BCUT2D eigenvalue weighted by molar-refractivity contribution is 8.01. The van der Waals surface area contributed by atoms with Crippen LogP contribution in [0.15, 0.2) is 108 Å². The summed E-state index contributed by atoms with van der Waals surface area (Å²) in [4.78, 5) is 26.7. The Balaban J connectivity index is 1.13. The van der Waals surface area contributed by atoms with Crippen molar-refractivity contribution in [3.8, 4) is 0 Å². The molecular formula is C35H30N4O4S2. The quantitative estimate of drug-likeness (QED) is 0.165. The largest absolute Gasteiger partial charge is 0.392 e. The lowest BCUT2D eigenvalue weighted by Crippen LogP contribution is -2.38. The van der Waals surface area contributed by atoms with Crippen LogP contribution < -0.4 is 5.32 Å². The molecule has 1 fully saturated rings. The molecule has 1 saturated heterocycles. The normalized spacial score (nSPS) is 20.0. The molecule has 0 unspecified atom stereocenters. The monoisotopic (exact) mass is 634 g/mol. The Morgan fingerprint density at radius 1 is 0.889 bits per heavy atom. The molecule has 8 nitrogen and oxygen atoms in total. The van der Waals surface area contributed by atoms with Crippen LogP contribution in [-0.2, 0) is 16.1 Å². The van der Waals surface area contributed by atoms with Crippen molar-refractivity contribution < 1.29 is 19.4 Å². The number of carbonyl (C=O) groups is 1. The highest BCUT2D eigenvalue weighted by atomic mass is 32.2. The van der Waals surface area contributed by atoms with Gasteiger partial charge in [0.2, 0.25) is 0 Å². The third kappa shape index (κ3) is 6.47. The van der Waals surface area contributed by atoms with Gasteiger partial charge in [0.25, 0.3) is 5.91 Å². The van der Waals surface area contributed by atoms with Crippen LogP contribution in [0.2, 0.25) is 0 Å². The summed E-state index contributed by atoms with van der Waals surface area (Å²) in [6, 6.07) is 31.0. The van der Waals surface area contributed by atoms with E-state index >= 15 is 0 Å². The molecule has 7 rings (SSSR count). The Morgan fingerprint density at radius 2 is 1.67 bits per heavy atom. The molecule has 2 aromatic heterocycles. The minimum absolute atomic E-state index is 0.0160. The molecule has 4 atom stereocenters. The molecule has 1 amide bonds. The van der Waals surface area contributed by atoms with E-state index in [0.717, 1.165) is 36.8 Å². The van der Waals surface area contributed by atoms with E-state index in [4.69, 9.17) is 14.5 Å². The van der Waals surface area contributed by atoms with E-state index in [0.29, 0.717) is 17.0 Å². The molecule has 10 heteroatoms. The predicted molar refractivity (Wildman–Crippen MR) is 177 cm³/mol. The third-order valence-electron chi connectivity index (χ3n) is 7.87. The van der Waals surface area contributed by atoms with E-state index in [-0.39, 0.29) is 36.3 Å². The van der Waals surface area contributed by atoms with Gasteiger partial charge in [-0.25, -0.2) is 9.97 Å². The fourth-order valence-corrected chi connectivity index (χ4v) is 7.66. The van der Waals surface area contributed by atoms with Crippen LogP contribution in [0.5, 0.6) is 0 Å². The zero-order chi connectivity index (χ0) is 30.8. The predicted octanol–water partition coefficient (Wildman–Crippen LogP) is 7.57. The number of anilines is 1. The van der Waals surface area contributed by atoms with E-state index < -0.39 is 6.29 Å². The molecule has 6 aromatic rings. The van der Waals surface area contributed by atoms with Crippen LogP contribution in [-0.4, -0.2) is 37.8 Å². The molecule has 0 saturated carbocycles. The number of nitrogens with zero attached hydrogens (tertiary/aromatic N) is 3.